The van der Waals surface area contributed by atoms with Crippen LogP contribution in [0.5, 0.6) is 5.75 Å². The maximum Gasteiger partial charge on any atom is 0.337 e. The van der Waals surface area contributed by atoms with E-state index in [1.54, 1.807) is 24.3 Å². The zero-order valence-electron chi connectivity index (χ0n) is 16.7. The van der Waals surface area contributed by atoms with Crippen LogP contribution in [-0.2, 0) is 4.74 Å². The summed E-state index contributed by atoms with van der Waals surface area (Å²) in [6, 6.07) is 12.7. The molecule has 8 nitrogen and oxygen atoms in total. The van der Waals surface area contributed by atoms with Gasteiger partial charge in [-0.25, -0.2) is 4.79 Å². The maximum atomic E-state index is 11.6. The Morgan fingerprint density at radius 1 is 1.07 bits per heavy atom. The van der Waals surface area contributed by atoms with E-state index in [2.05, 4.69) is 15.1 Å². The molecule has 5 rings (SSSR count). The molecule has 1 aliphatic heterocycles. The van der Waals surface area contributed by atoms with Gasteiger partial charge in [-0.2, -0.15) is 0 Å². The number of pyridine rings is 1. The van der Waals surface area contributed by atoms with Crippen molar-refractivity contribution >= 4 is 17.6 Å². The molecule has 0 radical (unpaired) electrons. The molecule has 3 aromatic rings. The van der Waals surface area contributed by atoms with Crippen LogP contribution in [0.1, 0.15) is 23.2 Å². The van der Waals surface area contributed by atoms with Crippen LogP contribution in [0.4, 0.5) is 5.95 Å². The van der Waals surface area contributed by atoms with Gasteiger partial charge in [0.1, 0.15) is 11.9 Å². The number of aromatic nitrogens is 3. The van der Waals surface area contributed by atoms with Gasteiger partial charge in [0, 0.05) is 19.3 Å². The van der Waals surface area contributed by atoms with Crippen LogP contribution in [0.3, 0.4) is 0 Å². The van der Waals surface area contributed by atoms with Gasteiger partial charge < -0.3 is 19.5 Å². The Hall–Kier alpha value is -3.13. The third-order valence-electron chi connectivity index (χ3n) is 6.23. The van der Waals surface area contributed by atoms with E-state index in [0.717, 1.165) is 31.1 Å². The van der Waals surface area contributed by atoms with E-state index in [1.165, 1.54) is 7.11 Å². The van der Waals surface area contributed by atoms with Crippen molar-refractivity contribution in [1.82, 2.24) is 14.6 Å². The van der Waals surface area contributed by atoms with Crippen molar-refractivity contribution in [3.63, 3.8) is 0 Å². The highest BCUT2D eigenvalue weighted by atomic mass is 16.5. The third kappa shape index (κ3) is 3.37. The molecule has 2 fully saturated rings. The molecular weight excluding hydrogens is 384 g/mol. The SMILES string of the molecule is COC(=O)c1ccc(O[C@@H]2C[C@@H]3CN(c4nnc5ccccn45)C[C@@H]3C[C@H]2O)cc1. The van der Waals surface area contributed by atoms with Gasteiger partial charge in [-0.05, 0) is 61.1 Å². The van der Waals surface area contributed by atoms with Crippen LogP contribution in [-0.4, -0.2) is 58.1 Å². The number of aliphatic hydroxyl groups is 1. The van der Waals surface area contributed by atoms with Crippen molar-refractivity contribution in [2.45, 2.75) is 25.0 Å². The summed E-state index contributed by atoms with van der Waals surface area (Å²) in [4.78, 5) is 13.8. The summed E-state index contributed by atoms with van der Waals surface area (Å²) in [6.07, 6.45) is 2.65. The largest absolute Gasteiger partial charge is 0.488 e. The van der Waals surface area contributed by atoms with Crippen molar-refractivity contribution in [3.8, 4) is 5.75 Å². The predicted molar refractivity (Wildman–Crippen MR) is 110 cm³/mol. The summed E-state index contributed by atoms with van der Waals surface area (Å²) >= 11 is 0. The number of carbonyl (C=O) groups excluding carboxylic acids is 1. The van der Waals surface area contributed by atoms with Crippen LogP contribution in [0.25, 0.3) is 5.65 Å². The summed E-state index contributed by atoms with van der Waals surface area (Å²) in [5, 5.41) is 19.3. The van der Waals surface area contributed by atoms with Crippen LogP contribution in [0, 0.1) is 11.8 Å². The van der Waals surface area contributed by atoms with Gasteiger partial charge in [0.2, 0.25) is 5.95 Å². The molecule has 1 aliphatic carbocycles. The van der Waals surface area contributed by atoms with Gasteiger partial charge in [-0.15, -0.1) is 10.2 Å². The zero-order chi connectivity index (χ0) is 20.7. The summed E-state index contributed by atoms with van der Waals surface area (Å²) < 4.78 is 12.8. The fourth-order valence-electron chi connectivity index (χ4n) is 4.69. The first-order valence-corrected chi connectivity index (χ1v) is 10.2. The summed E-state index contributed by atoms with van der Waals surface area (Å²) in [6.45, 7) is 1.73. The highest BCUT2D eigenvalue weighted by Crippen LogP contribution is 2.39. The van der Waals surface area contributed by atoms with Gasteiger partial charge in [-0.1, -0.05) is 6.07 Å². The van der Waals surface area contributed by atoms with Gasteiger partial charge in [0.05, 0.1) is 18.8 Å². The molecule has 1 saturated heterocycles. The van der Waals surface area contributed by atoms with Gasteiger partial charge in [-0.3, -0.25) is 4.40 Å². The number of methoxy groups -OCH3 is 1. The summed E-state index contributed by atoms with van der Waals surface area (Å²) in [7, 11) is 1.36. The number of ether oxygens (including phenoxy) is 2. The van der Waals surface area contributed by atoms with Crippen LogP contribution in [0.2, 0.25) is 0 Å². The number of esters is 1. The van der Waals surface area contributed by atoms with Crippen molar-refractivity contribution in [1.29, 1.82) is 0 Å². The zero-order valence-corrected chi connectivity index (χ0v) is 16.7. The number of hydrogen-bond acceptors (Lipinski definition) is 7. The first-order chi connectivity index (χ1) is 14.6. The third-order valence-corrected chi connectivity index (χ3v) is 6.23. The highest BCUT2D eigenvalue weighted by molar-refractivity contribution is 5.89. The van der Waals surface area contributed by atoms with Gasteiger partial charge in [0.15, 0.2) is 5.65 Å². The summed E-state index contributed by atoms with van der Waals surface area (Å²) in [5.41, 5.74) is 1.31. The van der Waals surface area contributed by atoms with Crippen molar-refractivity contribution < 1.29 is 19.4 Å². The number of benzene rings is 1. The smallest absolute Gasteiger partial charge is 0.337 e. The van der Waals surface area contributed by atoms with Crippen molar-refractivity contribution in [2.24, 2.45) is 11.8 Å². The molecule has 1 aromatic carbocycles. The Kier molecular flexibility index (Phi) is 4.78. The molecular formula is C22H24N4O4. The minimum absolute atomic E-state index is 0.273. The maximum absolute atomic E-state index is 11.6. The Labute approximate surface area is 174 Å². The first-order valence-electron chi connectivity index (χ1n) is 10.2. The average molecular weight is 408 g/mol. The molecule has 0 bridgehead atoms. The van der Waals surface area contributed by atoms with Gasteiger partial charge >= 0.3 is 5.97 Å². The average Bonchev–Trinajstić information content (AvgIpc) is 3.37. The lowest BCUT2D eigenvalue weighted by Gasteiger charge is -2.35. The number of hydrogen-bond donors (Lipinski definition) is 1. The molecule has 8 heteroatoms. The second-order valence-electron chi connectivity index (χ2n) is 8.06. The minimum Gasteiger partial charge on any atom is -0.488 e. The van der Waals surface area contributed by atoms with Crippen molar-refractivity contribution in [2.75, 3.05) is 25.1 Å². The topological polar surface area (TPSA) is 89.2 Å². The number of aliphatic hydroxyl groups excluding tert-OH is 1. The van der Waals surface area contributed by atoms with E-state index in [4.69, 9.17) is 9.47 Å². The number of nitrogens with zero attached hydrogens (tertiary/aromatic N) is 4. The van der Waals surface area contributed by atoms with Crippen molar-refractivity contribution in [3.05, 3.63) is 54.2 Å². The second-order valence-corrected chi connectivity index (χ2v) is 8.06. The molecule has 4 atom stereocenters. The Morgan fingerprint density at radius 2 is 1.83 bits per heavy atom. The second kappa shape index (κ2) is 7.60. The molecule has 2 aliphatic rings. The van der Waals surface area contributed by atoms with E-state index in [1.807, 2.05) is 28.8 Å². The first kappa shape index (κ1) is 18.9. The fourth-order valence-corrected chi connectivity index (χ4v) is 4.69. The molecule has 156 valence electrons. The lowest BCUT2D eigenvalue weighted by atomic mass is 9.78. The van der Waals surface area contributed by atoms with E-state index in [-0.39, 0.29) is 12.1 Å². The van der Waals surface area contributed by atoms with Gasteiger partial charge in [0.25, 0.3) is 0 Å². The van der Waals surface area contributed by atoms with E-state index in [9.17, 15) is 9.90 Å². The monoisotopic (exact) mass is 408 g/mol. The Bertz CT molecular complexity index is 1050. The lowest BCUT2D eigenvalue weighted by molar-refractivity contribution is -0.0231. The molecule has 2 aromatic heterocycles. The van der Waals surface area contributed by atoms with E-state index < -0.39 is 6.10 Å². The fraction of sp³-hybridized carbons (Fsp3) is 0.409. The quantitative estimate of drug-likeness (QED) is 0.662. The molecule has 0 amide bonds. The van der Waals surface area contributed by atoms with E-state index in [0.29, 0.717) is 29.6 Å². The highest BCUT2D eigenvalue weighted by Gasteiger charge is 2.43. The standard InChI is InChI=1S/C22H24N4O4/c1-29-21(28)14-5-7-17(8-6-14)30-19-11-16-13-25(12-15(16)10-18(19)27)22-24-23-20-4-2-3-9-26(20)22/h2-9,15-16,18-19,27H,10-13H2,1H3/t15-,16+,18+,19+/m0/s1. The summed E-state index contributed by atoms with van der Waals surface area (Å²) in [5.74, 6) is 1.93. The normalized spacial score (nSPS) is 25.9. The number of rotatable bonds is 4. The predicted octanol–water partition coefficient (Wildman–Crippen LogP) is 2.17. The van der Waals surface area contributed by atoms with E-state index >= 15 is 0 Å². The molecule has 3 heterocycles. The number of anilines is 1. The van der Waals surface area contributed by atoms with Crippen LogP contribution >= 0.6 is 0 Å². The Balaban J connectivity index is 1.27. The molecule has 30 heavy (non-hydrogen) atoms. The molecule has 0 spiro atoms. The molecule has 1 N–H and O–H groups in total. The Morgan fingerprint density at radius 3 is 2.60 bits per heavy atom. The molecule has 0 unspecified atom stereocenters. The number of carbonyl (C=O) groups is 1. The van der Waals surface area contributed by atoms with Crippen LogP contribution < -0.4 is 9.64 Å². The van der Waals surface area contributed by atoms with Crippen LogP contribution in [0.15, 0.2) is 48.7 Å². The minimum atomic E-state index is -0.526. The lowest BCUT2D eigenvalue weighted by Crippen LogP contribution is -2.42. The number of fused-ring (bicyclic) bond motifs is 2. The molecule has 1 saturated carbocycles.